The predicted octanol–water partition coefficient (Wildman–Crippen LogP) is 4.49. The van der Waals surface area contributed by atoms with Crippen LogP contribution < -0.4 is 5.32 Å². The van der Waals surface area contributed by atoms with Gasteiger partial charge in [-0.1, -0.05) is 41.6 Å². The highest BCUT2D eigenvalue weighted by Crippen LogP contribution is 2.27. The number of nitrogens with zero attached hydrogens (tertiary/aromatic N) is 3. The molecule has 0 aliphatic carbocycles. The molecule has 0 radical (unpaired) electrons. The largest absolute Gasteiger partial charge is 0.323 e. The smallest absolute Gasteiger partial charge is 0.237 e. The molecule has 0 bridgehead atoms. The first kappa shape index (κ1) is 18.4. The molecule has 3 aromatic rings. The molecule has 1 N–H and O–H groups in total. The SMILES string of the molecule is Cc1nnc(S[C@H](C)C(=O)Nc2ccc(Cl)cc2F)n1-c1ccccc1. The molecule has 0 aliphatic heterocycles. The summed E-state index contributed by atoms with van der Waals surface area (Å²) in [5.41, 5.74) is 1.00. The van der Waals surface area contributed by atoms with Crippen LogP contribution in [0, 0.1) is 12.7 Å². The minimum atomic E-state index is -0.577. The molecule has 5 nitrogen and oxygen atoms in total. The van der Waals surface area contributed by atoms with E-state index in [0.717, 1.165) is 17.6 Å². The van der Waals surface area contributed by atoms with Gasteiger partial charge in [0.05, 0.1) is 10.9 Å². The van der Waals surface area contributed by atoms with Crippen LogP contribution in [-0.2, 0) is 4.79 Å². The van der Waals surface area contributed by atoms with Gasteiger partial charge in [-0.2, -0.15) is 0 Å². The van der Waals surface area contributed by atoms with Gasteiger partial charge < -0.3 is 5.32 Å². The van der Waals surface area contributed by atoms with Crippen molar-refractivity contribution in [3.8, 4) is 5.69 Å². The summed E-state index contributed by atoms with van der Waals surface area (Å²) in [5.74, 6) is -0.196. The van der Waals surface area contributed by atoms with Gasteiger partial charge in [-0.25, -0.2) is 4.39 Å². The highest BCUT2D eigenvalue weighted by molar-refractivity contribution is 8.00. The zero-order chi connectivity index (χ0) is 18.7. The van der Waals surface area contributed by atoms with E-state index >= 15 is 0 Å². The number of rotatable bonds is 5. The van der Waals surface area contributed by atoms with E-state index in [-0.39, 0.29) is 16.6 Å². The molecule has 1 amide bonds. The van der Waals surface area contributed by atoms with Crippen LogP contribution in [0.4, 0.5) is 10.1 Å². The van der Waals surface area contributed by atoms with E-state index in [4.69, 9.17) is 11.6 Å². The number of nitrogens with one attached hydrogen (secondary N) is 1. The maximum absolute atomic E-state index is 13.9. The van der Waals surface area contributed by atoms with Gasteiger partial charge in [0.15, 0.2) is 5.16 Å². The summed E-state index contributed by atoms with van der Waals surface area (Å²) in [5, 5.41) is 11.2. The molecule has 1 aromatic heterocycles. The number of aryl methyl sites for hydroxylation is 1. The number of carbonyl (C=O) groups is 1. The van der Waals surface area contributed by atoms with Gasteiger partial charge in [-0.3, -0.25) is 9.36 Å². The standard InChI is InChI=1S/C18H16ClFN4OS/c1-11(17(25)21-16-9-8-13(19)10-15(16)20)26-18-23-22-12(2)24(18)14-6-4-3-5-7-14/h3-11H,1-2H3,(H,21,25)/t11-/m1/s1. The van der Waals surface area contributed by atoms with Crippen LogP contribution in [0.1, 0.15) is 12.7 Å². The van der Waals surface area contributed by atoms with E-state index in [1.807, 2.05) is 41.8 Å². The fourth-order valence-corrected chi connectivity index (χ4v) is 3.40. The Bertz CT molecular complexity index is 932. The molecule has 134 valence electrons. The Morgan fingerprint density at radius 1 is 1.23 bits per heavy atom. The van der Waals surface area contributed by atoms with Crippen molar-refractivity contribution in [2.24, 2.45) is 0 Å². The highest BCUT2D eigenvalue weighted by atomic mass is 35.5. The molecule has 2 aromatic carbocycles. The molecule has 0 spiro atoms. The number of hydrogen-bond acceptors (Lipinski definition) is 4. The maximum Gasteiger partial charge on any atom is 0.237 e. The molecule has 0 unspecified atom stereocenters. The van der Waals surface area contributed by atoms with Crippen molar-refractivity contribution < 1.29 is 9.18 Å². The Morgan fingerprint density at radius 2 is 1.96 bits per heavy atom. The number of thioether (sulfide) groups is 1. The van der Waals surface area contributed by atoms with Crippen molar-refractivity contribution in [1.29, 1.82) is 0 Å². The first-order valence-electron chi connectivity index (χ1n) is 7.85. The summed E-state index contributed by atoms with van der Waals surface area (Å²) < 4.78 is 15.7. The summed E-state index contributed by atoms with van der Waals surface area (Å²) in [6.07, 6.45) is 0. The lowest BCUT2D eigenvalue weighted by molar-refractivity contribution is -0.115. The van der Waals surface area contributed by atoms with Gasteiger partial charge in [-0.05, 0) is 44.2 Å². The highest BCUT2D eigenvalue weighted by Gasteiger charge is 2.20. The summed E-state index contributed by atoms with van der Waals surface area (Å²) in [7, 11) is 0. The lowest BCUT2D eigenvalue weighted by Crippen LogP contribution is -2.23. The van der Waals surface area contributed by atoms with Gasteiger partial charge in [0.2, 0.25) is 5.91 Å². The molecule has 8 heteroatoms. The van der Waals surface area contributed by atoms with Crippen molar-refractivity contribution in [3.05, 3.63) is 65.2 Å². The van der Waals surface area contributed by atoms with Crippen LogP contribution in [0.3, 0.4) is 0 Å². The quantitative estimate of drug-likeness (QED) is 0.652. The monoisotopic (exact) mass is 390 g/mol. The fraction of sp³-hybridized carbons (Fsp3) is 0.167. The average Bonchev–Trinajstić information content (AvgIpc) is 2.98. The lowest BCUT2D eigenvalue weighted by atomic mass is 10.3. The predicted molar refractivity (Wildman–Crippen MR) is 101 cm³/mol. The minimum absolute atomic E-state index is 0.0903. The first-order chi connectivity index (χ1) is 12.5. The molecule has 1 atom stereocenters. The van der Waals surface area contributed by atoms with Gasteiger partial charge >= 0.3 is 0 Å². The van der Waals surface area contributed by atoms with Crippen LogP contribution in [-0.4, -0.2) is 25.9 Å². The molecule has 0 saturated carbocycles. The molecular formula is C18H16ClFN4OS. The number of anilines is 1. The zero-order valence-electron chi connectivity index (χ0n) is 14.1. The molecule has 0 saturated heterocycles. The number of benzene rings is 2. The molecule has 3 rings (SSSR count). The summed E-state index contributed by atoms with van der Waals surface area (Å²) in [6, 6.07) is 13.8. The third kappa shape index (κ3) is 4.05. The number of halogens is 2. The first-order valence-corrected chi connectivity index (χ1v) is 9.11. The maximum atomic E-state index is 13.9. The molecule has 0 fully saturated rings. The molecule has 26 heavy (non-hydrogen) atoms. The van der Waals surface area contributed by atoms with Gasteiger partial charge in [0.25, 0.3) is 0 Å². The second-order valence-electron chi connectivity index (χ2n) is 5.57. The topological polar surface area (TPSA) is 59.8 Å². The molecule has 0 aliphatic rings. The lowest BCUT2D eigenvalue weighted by Gasteiger charge is -2.13. The zero-order valence-corrected chi connectivity index (χ0v) is 15.7. The Kier molecular flexibility index (Phi) is 5.58. The second kappa shape index (κ2) is 7.88. The van der Waals surface area contributed by atoms with E-state index in [9.17, 15) is 9.18 Å². The van der Waals surface area contributed by atoms with E-state index < -0.39 is 11.1 Å². The van der Waals surface area contributed by atoms with Crippen molar-refractivity contribution in [2.45, 2.75) is 24.3 Å². The van der Waals surface area contributed by atoms with Crippen molar-refractivity contribution in [1.82, 2.24) is 14.8 Å². The Balaban J connectivity index is 1.76. The van der Waals surface area contributed by atoms with E-state index in [2.05, 4.69) is 15.5 Å². The summed E-state index contributed by atoms with van der Waals surface area (Å²) >= 11 is 6.98. The van der Waals surface area contributed by atoms with Gasteiger partial charge in [0, 0.05) is 10.7 Å². The van der Waals surface area contributed by atoms with Crippen LogP contribution in [0.5, 0.6) is 0 Å². The van der Waals surface area contributed by atoms with Gasteiger partial charge in [0.1, 0.15) is 11.6 Å². The van der Waals surface area contributed by atoms with E-state index in [1.165, 1.54) is 23.9 Å². The third-order valence-electron chi connectivity index (χ3n) is 3.65. The summed E-state index contributed by atoms with van der Waals surface area (Å²) in [6.45, 7) is 3.57. The Labute approximate surface area is 159 Å². The Hall–Kier alpha value is -2.38. The van der Waals surface area contributed by atoms with E-state index in [0.29, 0.717) is 5.16 Å². The number of hydrogen-bond donors (Lipinski definition) is 1. The number of carbonyl (C=O) groups excluding carboxylic acids is 1. The molecule has 1 heterocycles. The number of aromatic nitrogens is 3. The van der Waals surface area contributed by atoms with Crippen LogP contribution in [0.25, 0.3) is 5.69 Å². The van der Waals surface area contributed by atoms with Crippen LogP contribution in [0.15, 0.2) is 53.7 Å². The number of amides is 1. The number of para-hydroxylation sites is 1. The van der Waals surface area contributed by atoms with Gasteiger partial charge in [-0.15, -0.1) is 10.2 Å². The van der Waals surface area contributed by atoms with Crippen LogP contribution >= 0.6 is 23.4 Å². The van der Waals surface area contributed by atoms with Crippen molar-refractivity contribution in [3.63, 3.8) is 0 Å². The van der Waals surface area contributed by atoms with Crippen LogP contribution in [0.2, 0.25) is 5.02 Å². The Morgan fingerprint density at radius 3 is 2.65 bits per heavy atom. The second-order valence-corrected chi connectivity index (χ2v) is 7.32. The summed E-state index contributed by atoms with van der Waals surface area (Å²) in [4.78, 5) is 12.4. The normalized spacial score (nSPS) is 12.0. The minimum Gasteiger partial charge on any atom is -0.323 e. The van der Waals surface area contributed by atoms with Crippen molar-refractivity contribution in [2.75, 3.05) is 5.32 Å². The van der Waals surface area contributed by atoms with E-state index in [1.54, 1.807) is 6.92 Å². The third-order valence-corrected chi connectivity index (χ3v) is 4.93. The average molecular weight is 391 g/mol. The van der Waals surface area contributed by atoms with Crippen molar-refractivity contribution >= 4 is 35.0 Å². The fourth-order valence-electron chi connectivity index (χ4n) is 2.33. The molecular weight excluding hydrogens is 375 g/mol.